The van der Waals surface area contributed by atoms with Gasteiger partial charge in [0.2, 0.25) is 0 Å². The summed E-state index contributed by atoms with van der Waals surface area (Å²) in [6.45, 7) is 6.89. The van der Waals surface area contributed by atoms with E-state index in [2.05, 4.69) is 30.0 Å². The molecule has 0 spiro atoms. The molecule has 0 aromatic rings. The Balaban J connectivity index is 2.48. The molecule has 1 N–H and O–H groups in total. The van der Waals surface area contributed by atoms with Gasteiger partial charge in [0.05, 0.1) is 13.7 Å². The average molecular weight is 266 g/mol. The molecular formula is C15H26N2O2. The van der Waals surface area contributed by atoms with E-state index in [4.69, 9.17) is 11.2 Å². The van der Waals surface area contributed by atoms with E-state index in [-0.39, 0.29) is 17.9 Å². The zero-order chi connectivity index (χ0) is 14.3. The van der Waals surface area contributed by atoms with Crippen molar-refractivity contribution in [3.63, 3.8) is 0 Å². The number of methoxy groups -OCH3 is 1. The summed E-state index contributed by atoms with van der Waals surface area (Å²) >= 11 is 0. The number of hydrogen-bond donors (Lipinski definition) is 1. The minimum absolute atomic E-state index is 0.152. The van der Waals surface area contributed by atoms with Crippen LogP contribution in [-0.2, 0) is 9.53 Å². The lowest BCUT2D eigenvalue weighted by molar-refractivity contribution is -0.144. The van der Waals surface area contributed by atoms with Gasteiger partial charge in [-0.05, 0) is 18.8 Å². The SMILES string of the molecule is C#CCN1CCC(NC(C(=O)OC)C(C)CC)CC1. The topological polar surface area (TPSA) is 41.6 Å². The maximum absolute atomic E-state index is 11.8. The van der Waals surface area contributed by atoms with Gasteiger partial charge in [0.15, 0.2) is 0 Å². The van der Waals surface area contributed by atoms with Crippen LogP contribution in [0, 0.1) is 18.3 Å². The first-order chi connectivity index (χ1) is 9.12. The molecule has 4 heteroatoms. The van der Waals surface area contributed by atoms with Gasteiger partial charge in [-0.3, -0.25) is 9.69 Å². The van der Waals surface area contributed by atoms with Crippen LogP contribution in [0.4, 0.5) is 0 Å². The normalized spacial score (nSPS) is 20.5. The van der Waals surface area contributed by atoms with Gasteiger partial charge in [-0.25, -0.2) is 0 Å². The number of carbonyl (C=O) groups is 1. The summed E-state index contributed by atoms with van der Waals surface area (Å²) in [6, 6.07) is 0.186. The molecule has 0 aromatic carbocycles. The predicted molar refractivity (Wildman–Crippen MR) is 76.7 cm³/mol. The molecule has 0 radical (unpaired) electrons. The van der Waals surface area contributed by atoms with Gasteiger partial charge in [-0.2, -0.15) is 0 Å². The van der Waals surface area contributed by atoms with Gasteiger partial charge < -0.3 is 10.1 Å². The number of esters is 1. The molecule has 0 aliphatic carbocycles. The summed E-state index contributed by atoms with van der Waals surface area (Å²) < 4.78 is 4.90. The van der Waals surface area contributed by atoms with Crippen molar-refractivity contribution in [3.05, 3.63) is 0 Å². The molecular weight excluding hydrogens is 240 g/mol. The van der Waals surface area contributed by atoms with Crippen LogP contribution in [0.2, 0.25) is 0 Å². The van der Waals surface area contributed by atoms with E-state index in [9.17, 15) is 4.79 Å². The molecule has 0 amide bonds. The van der Waals surface area contributed by atoms with Crippen LogP contribution >= 0.6 is 0 Å². The zero-order valence-electron chi connectivity index (χ0n) is 12.3. The minimum atomic E-state index is -0.195. The van der Waals surface area contributed by atoms with Crippen molar-refractivity contribution in [2.24, 2.45) is 5.92 Å². The molecule has 1 aliphatic heterocycles. The van der Waals surface area contributed by atoms with Gasteiger partial charge in [0.1, 0.15) is 6.04 Å². The van der Waals surface area contributed by atoms with Crippen LogP contribution in [0.15, 0.2) is 0 Å². The summed E-state index contributed by atoms with van der Waals surface area (Å²) in [6.07, 6.45) is 8.35. The smallest absolute Gasteiger partial charge is 0.323 e. The van der Waals surface area contributed by atoms with E-state index in [1.807, 2.05) is 0 Å². The van der Waals surface area contributed by atoms with E-state index in [1.54, 1.807) is 0 Å². The quantitative estimate of drug-likeness (QED) is 0.580. The molecule has 2 atom stereocenters. The molecule has 1 rings (SSSR count). The van der Waals surface area contributed by atoms with Gasteiger partial charge in [-0.1, -0.05) is 26.2 Å². The van der Waals surface area contributed by atoms with E-state index in [0.717, 1.165) is 38.9 Å². The Hall–Kier alpha value is -1.05. The highest BCUT2D eigenvalue weighted by Crippen LogP contribution is 2.15. The van der Waals surface area contributed by atoms with Crippen LogP contribution < -0.4 is 5.32 Å². The minimum Gasteiger partial charge on any atom is -0.468 e. The second-order valence-corrected chi connectivity index (χ2v) is 5.31. The Labute approximate surface area is 116 Å². The van der Waals surface area contributed by atoms with E-state index >= 15 is 0 Å². The van der Waals surface area contributed by atoms with Crippen LogP contribution in [0.3, 0.4) is 0 Å². The van der Waals surface area contributed by atoms with Crippen LogP contribution in [0.1, 0.15) is 33.1 Å². The lowest BCUT2D eigenvalue weighted by atomic mass is 9.96. The second-order valence-electron chi connectivity index (χ2n) is 5.31. The highest BCUT2D eigenvalue weighted by Gasteiger charge is 2.29. The predicted octanol–water partition coefficient (Wildman–Crippen LogP) is 1.26. The molecule has 1 aliphatic rings. The summed E-state index contributed by atoms with van der Waals surface area (Å²) in [5, 5.41) is 3.47. The monoisotopic (exact) mass is 266 g/mol. The number of hydrogen-bond acceptors (Lipinski definition) is 4. The third kappa shape index (κ3) is 4.85. The first-order valence-electron chi connectivity index (χ1n) is 7.12. The number of piperidine rings is 1. The van der Waals surface area contributed by atoms with Crippen molar-refractivity contribution >= 4 is 5.97 Å². The van der Waals surface area contributed by atoms with E-state index < -0.39 is 0 Å². The Bertz CT molecular complexity index is 317. The van der Waals surface area contributed by atoms with Crippen molar-refractivity contribution in [1.29, 1.82) is 0 Å². The first-order valence-corrected chi connectivity index (χ1v) is 7.12. The fourth-order valence-electron chi connectivity index (χ4n) is 2.47. The molecule has 4 nitrogen and oxygen atoms in total. The highest BCUT2D eigenvalue weighted by atomic mass is 16.5. The third-order valence-corrected chi connectivity index (χ3v) is 3.99. The lowest BCUT2D eigenvalue weighted by Gasteiger charge is -2.34. The maximum Gasteiger partial charge on any atom is 0.323 e. The molecule has 1 heterocycles. The number of nitrogens with zero attached hydrogens (tertiary/aromatic N) is 1. The number of carbonyl (C=O) groups excluding carboxylic acids is 1. The van der Waals surface area contributed by atoms with Gasteiger partial charge >= 0.3 is 5.97 Å². The molecule has 0 saturated carbocycles. The highest BCUT2D eigenvalue weighted by molar-refractivity contribution is 5.76. The molecule has 108 valence electrons. The Morgan fingerprint density at radius 1 is 1.53 bits per heavy atom. The fourth-order valence-corrected chi connectivity index (χ4v) is 2.47. The lowest BCUT2D eigenvalue weighted by Crippen LogP contribution is -2.51. The van der Waals surface area contributed by atoms with Crippen molar-refractivity contribution in [3.8, 4) is 12.3 Å². The van der Waals surface area contributed by atoms with Crippen molar-refractivity contribution in [2.75, 3.05) is 26.7 Å². The second kappa shape index (κ2) is 8.19. The zero-order valence-corrected chi connectivity index (χ0v) is 12.3. The van der Waals surface area contributed by atoms with Crippen molar-refractivity contribution in [1.82, 2.24) is 10.2 Å². The molecule has 19 heavy (non-hydrogen) atoms. The van der Waals surface area contributed by atoms with Gasteiger partial charge in [-0.15, -0.1) is 6.42 Å². The Morgan fingerprint density at radius 3 is 2.63 bits per heavy atom. The molecule has 0 bridgehead atoms. The third-order valence-electron chi connectivity index (χ3n) is 3.99. The fraction of sp³-hybridized carbons (Fsp3) is 0.800. The summed E-state index contributed by atoms with van der Waals surface area (Å²) in [4.78, 5) is 14.1. The van der Waals surface area contributed by atoms with Crippen LogP contribution in [0.25, 0.3) is 0 Å². The average Bonchev–Trinajstić information content (AvgIpc) is 2.45. The number of ether oxygens (including phenoxy) is 1. The van der Waals surface area contributed by atoms with E-state index in [0.29, 0.717) is 6.04 Å². The molecule has 1 saturated heterocycles. The van der Waals surface area contributed by atoms with E-state index in [1.165, 1.54) is 7.11 Å². The first kappa shape index (κ1) is 16.0. The van der Waals surface area contributed by atoms with Gasteiger partial charge in [0.25, 0.3) is 0 Å². The van der Waals surface area contributed by atoms with Crippen LogP contribution in [-0.4, -0.2) is 49.7 Å². The van der Waals surface area contributed by atoms with Gasteiger partial charge in [0, 0.05) is 19.1 Å². The summed E-state index contributed by atoms with van der Waals surface area (Å²) in [5.74, 6) is 2.81. The number of rotatable bonds is 6. The summed E-state index contributed by atoms with van der Waals surface area (Å²) in [5.41, 5.74) is 0. The maximum atomic E-state index is 11.8. The Morgan fingerprint density at radius 2 is 2.16 bits per heavy atom. The molecule has 1 fully saturated rings. The summed E-state index contributed by atoms with van der Waals surface area (Å²) in [7, 11) is 1.45. The molecule has 2 unspecified atom stereocenters. The Kier molecular flexibility index (Phi) is 6.90. The van der Waals surface area contributed by atoms with Crippen molar-refractivity contribution < 1.29 is 9.53 Å². The largest absolute Gasteiger partial charge is 0.468 e. The van der Waals surface area contributed by atoms with Crippen molar-refractivity contribution in [2.45, 2.75) is 45.2 Å². The standard InChI is InChI=1S/C15H26N2O2/c1-5-9-17-10-7-13(8-11-17)16-14(12(3)6-2)15(18)19-4/h1,12-14,16H,6-11H2,2-4H3. The van der Waals surface area contributed by atoms with Crippen LogP contribution in [0.5, 0.6) is 0 Å². The number of nitrogens with one attached hydrogen (secondary N) is 1. The number of likely N-dealkylation sites (tertiary alicyclic amines) is 1. The number of terminal acetylenes is 1. The molecule has 0 aromatic heterocycles.